The number of hydrogen-bond donors (Lipinski definition) is 0. The van der Waals surface area contributed by atoms with Crippen LogP contribution in [0.25, 0.3) is 11.8 Å². The highest BCUT2D eigenvalue weighted by Crippen LogP contribution is 2.35. The van der Waals surface area contributed by atoms with Crippen molar-refractivity contribution in [3.05, 3.63) is 82.0 Å². The van der Waals surface area contributed by atoms with Gasteiger partial charge in [0.25, 0.3) is 5.91 Å². The smallest absolute Gasteiger partial charge is 0.266 e. The van der Waals surface area contributed by atoms with Crippen molar-refractivity contribution in [2.75, 3.05) is 13.7 Å². The Bertz CT molecular complexity index is 1250. The number of rotatable bonds is 8. The second kappa shape index (κ2) is 11.0. The van der Waals surface area contributed by atoms with Crippen molar-refractivity contribution in [3.8, 4) is 11.4 Å². The molecule has 1 aliphatic rings. The maximum atomic E-state index is 13.2. The normalized spacial score (nSPS) is 16.0. The number of aromatic nitrogens is 1. The zero-order valence-electron chi connectivity index (χ0n) is 21.2. The molecule has 0 spiro atoms. The Kier molecular flexibility index (Phi) is 7.81. The largest absolute Gasteiger partial charge is 0.497 e. The van der Waals surface area contributed by atoms with Crippen molar-refractivity contribution >= 4 is 34.6 Å². The number of likely N-dealkylation sites (N-methyl/N-ethyl adjacent to an activating group) is 1. The third kappa shape index (κ3) is 5.38. The standard InChI is InChI=1S/C29H33N3O2S/c1-6-8-9-22-10-14-25(15-11-22)32-20(3)18-23(21(32)4)19-27-28(33)31(7-2)29(35-27)30-24-12-16-26(34-5)17-13-24/h10-19H,6-9H2,1-5H3/b27-19+,30-29?. The van der Waals surface area contributed by atoms with E-state index in [1.807, 2.05) is 37.3 Å². The predicted octanol–water partition coefficient (Wildman–Crippen LogP) is 7.07. The lowest BCUT2D eigenvalue weighted by Gasteiger charge is -2.12. The van der Waals surface area contributed by atoms with Crippen LogP contribution in [0.2, 0.25) is 0 Å². The average Bonchev–Trinajstić information content (AvgIpc) is 3.32. The summed E-state index contributed by atoms with van der Waals surface area (Å²) in [6, 6.07) is 18.5. The zero-order chi connectivity index (χ0) is 24.9. The van der Waals surface area contributed by atoms with Gasteiger partial charge in [0.1, 0.15) is 5.75 Å². The summed E-state index contributed by atoms with van der Waals surface area (Å²) < 4.78 is 7.48. The molecule has 1 aromatic heterocycles. The number of aliphatic imine (C=N–C) groups is 1. The van der Waals surface area contributed by atoms with Crippen LogP contribution in [-0.4, -0.2) is 34.2 Å². The van der Waals surface area contributed by atoms with Crippen molar-refractivity contribution in [2.45, 2.75) is 47.0 Å². The fourth-order valence-electron chi connectivity index (χ4n) is 4.30. The number of aryl methyl sites for hydroxylation is 2. The average molecular weight is 488 g/mol. The molecule has 5 nitrogen and oxygen atoms in total. The first kappa shape index (κ1) is 24.9. The molecule has 35 heavy (non-hydrogen) atoms. The number of nitrogens with zero attached hydrogens (tertiary/aromatic N) is 3. The molecule has 2 heterocycles. The van der Waals surface area contributed by atoms with Crippen LogP contribution in [0.5, 0.6) is 5.75 Å². The van der Waals surface area contributed by atoms with Crippen molar-refractivity contribution in [1.82, 2.24) is 9.47 Å². The first-order chi connectivity index (χ1) is 16.9. The highest BCUT2D eigenvalue weighted by atomic mass is 32.2. The summed E-state index contributed by atoms with van der Waals surface area (Å²) in [4.78, 5) is 20.3. The molecule has 0 bridgehead atoms. The van der Waals surface area contributed by atoms with Crippen molar-refractivity contribution in [2.24, 2.45) is 4.99 Å². The van der Waals surface area contributed by atoms with Crippen LogP contribution in [0.3, 0.4) is 0 Å². The molecular formula is C29H33N3O2S. The summed E-state index contributed by atoms with van der Waals surface area (Å²) in [5.74, 6) is 0.776. The Balaban J connectivity index is 1.61. The summed E-state index contributed by atoms with van der Waals surface area (Å²) in [5.41, 5.74) is 6.62. The van der Waals surface area contributed by atoms with E-state index in [1.54, 1.807) is 12.0 Å². The van der Waals surface area contributed by atoms with Gasteiger partial charge in [-0.3, -0.25) is 9.69 Å². The van der Waals surface area contributed by atoms with Crippen LogP contribution in [0, 0.1) is 13.8 Å². The van der Waals surface area contributed by atoms with E-state index in [4.69, 9.17) is 9.73 Å². The van der Waals surface area contributed by atoms with E-state index >= 15 is 0 Å². The first-order valence-corrected chi connectivity index (χ1v) is 13.0. The zero-order valence-corrected chi connectivity index (χ0v) is 22.0. The number of amidine groups is 1. The number of thioether (sulfide) groups is 1. The molecule has 6 heteroatoms. The lowest BCUT2D eigenvalue weighted by Crippen LogP contribution is -2.28. The van der Waals surface area contributed by atoms with Crippen LogP contribution in [-0.2, 0) is 11.2 Å². The molecule has 0 saturated carbocycles. The molecular weight excluding hydrogens is 454 g/mol. The number of carbonyl (C=O) groups is 1. The second-order valence-corrected chi connectivity index (χ2v) is 9.69. The highest BCUT2D eigenvalue weighted by Gasteiger charge is 2.32. The Hall–Kier alpha value is -3.25. The molecule has 0 atom stereocenters. The van der Waals surface area contributed by atoms with Crippen molar-refractivity contribution in [1.29, 1.82) is 0 Å². The van der Waals surface area contributed by atoms with Gasteiger partial charge in [-0.2, -0.15) is 0 Å². The van der Waals surface area contributed by atoms with Crippen molar-refractivity contribution in [3.63, 3.8) is 0 Å². The number of amides is 1. The quantitative estimate of drug-likeness (QED) is 0.319. The minimum absolute atomic E-state index is 0.00478. The topological polar surface area (TPSA) is 46.8 Å². The molecule has 182 valence electrons. The molecule has 1 amide bonds. The molecule has 4 rings (SSSR count). The summed E-state index contributed by atoms with van der Waals surface area (Å²) in [7, 11) is 1.64. The van der Waals surface area contributed by atoms with Gasteiger partial charge in [-0.1, -0.05) is 25.5 Å². The number of ether oxygens (including phenoxy) is 1. The SMILES string of the molecule is CCCCc1ccc(-n2c(C)cc(/C=C3/SC(=Nc4ccc(OC)cc4)N(CC)C3=O)c2C)cc1. The Morgan fingerprint density at radius 3 is 2.37 bits per heavy atom. The van der Waals surface area contributed by atoms with Crippen LogP contribution in [0.15, 0.2) is 64.5 Å². The number of hydrogen-bond acceptors (Lipinski definition) is 4. The first-order valence-electron chi connectivity index (χ1n) is 12.2. The lowest BCUT2D eigenvalue weighted by molar-refractivity contribution is -0.122. The third-order valence-electron chi connectivity index (χ3n) is 6.27. The second-order valence-electron chi connectivity index (χ2n) is 8.68. The van der Waals surface area contributed by atoms with E-state index in [-0.39, 0.29) is 5.91 Å². The van der Waals surface area contributed by atoms with Gasteiger partial charge in [-0.25, -0.2) is 4.99 Å². The fourth-order valence-corrected chi connectivity index (χ4v) is 5.36. The molecule has 1 aliphatic heterocycles. The molecule has 1 fully saturated rings. The van der Waals surface area contributed by atoms with E-state index < -0.39 is 0 Å². The van der Waals surface area contributed by atoms with Crippen LogP contribution < -0.4 is 4.74 Å². The van der Waals surface area contributed by atoms with E-state index in [9.17, 15) is 4.79 Å². The van der Waals surface area contributed by atoms with Gasteiger partial charge >= 0.3 is 0 Å². The molecule has 0 unspecified atom stereocenters. The van der Waals surface area contributed by atoms with Crippen molar-refractivity contribution < 1.29 is 9.53 Å². The van der Waals surface area contributed by atoms with E-state index in [0.29, 0.717) is 16.6 Å². The van der Waals surface area contributed by atoms with Gasteiger partial charge in [0, 0.05) is 23.6 Å². The van der Waals surface area contributed by atoms with Gasteiger partial charge in [0.2, 0.25) is 0 Å². The van der Waals surface area contributed by atoms with E-state index in [1.165, 1.54) is 30.2 Å². The molecule has 1 saturated heterocycles. The molecule has 0 radical (unpaired) electrons. The summed E-state index contributed by atoms with van der Waals surface area (Å²) in [6.45, 7) is 8.98. The van der Waals surface area contributed by atoms with Gasteiger partial charge < -0.3 is 9.30 Å². The summed E-state index contributed by atoms with van der Waals surface area (Å²) in [6.07, 6.45) is 5.53. The molecule has 3 aromatic rings. The maximum absolute atomic E-state index is 13.2. The number of carbonyl (C=O) groups excluding carboxylic acids is 1. The molecule has 0 N–H and O–H groups in total. The minimum atomic E-state index is -0.00478. The Labute approximate surface area is 212 Å². The van der Waals surface area contributed by atoms with Gasteiger partial charge in [0.05, 0.1) is 17.7 Å². The summed E-state index contributed by atoms with van der Waals surface area (Å²) in [5, 5.41) is 0.699. The number of methoxy groups -OCH3 is 1. The molecule has 0 aliphatic carbocycles. The number of unbranched alkanes of at least 4 members (excludes halogenated alkanes) is 1. The van der Waals surface area contributed by atoms with E-state index in [2.05, 4.69) is 55.7 Å². The fraction of sp³-hybridized carbons (Fsp3) is 0.310. The predicted molar refractivity (Wildman–Crippen MR) is 147 cm³/mol. The Morgan fingerprint density at radius 1 is 1.03 bits per heavy atom. The van der Waals surface area contributed by atoms with Gasteiger partial charge in [-0.05, 0) is 105 Å². The Morgan fingerprint density at radius 2 is 1.74 bits per heavy atom. The van der Waals surface area contributed by atoms with Crippen LogP contribution in [0.4, 0.5) is 5.69 Å². The third-order valence-corrected chi connectivity index (χ3v) is 7.28. The minimum Gasteiger partial charge on any atom is -0.497 e. The highest BCUT2D eigenvalue weighted by molar-refractivity contribution is 8.18. The molecule has 2 aromatic carbocycles. The van der Waals surface area contributed by atoms with Gasteiger partial charge in [-0.15, -0.1) is 0 Å². The van der Waals surface area contributed by atoms with Crippen LogP contribution in [0.1, 0.15) is 49.2 Å². The van der Waals surface area contributed by atoms with E-state index in [0.717, 1.165) is 40.5 Å². The summed E-state index contributed by atoms with van der Waals surface area (Å²) >= 11 is 1.43. The van der Waals surface area contributed by atoms with Crippen LogP contribution >= 0.6 is 11.8 Å². The lowest BCUT2D eigenvalue weighted by atomic mass is 10.1. The number of benzene rings is 2. The van der Waals surface area contributed by atoms with Gasteiger partial charge in [0.15, 0.2) is 5.17 Å². The maximum Gasteiger partial charge on any atom is 0.266 e. The monoisotopic (exact) mass is 487 g/mol.